The Hall–Kier alpha value is -1.26. The molecule has 0 aliphatic heterocycles. The Labute approximate surface area is 110 Å². The summed E-state index contributed by atoms with van der Waals surface area (Å²) in [5, 5.41) is 0. The molecule has 0 saturated carbocycles. The average molecular weight is 305 g/mol. The first-order valence-corrected chi connectivity index (χ1v) is 7.97. The van der Waals surface area contributed by atoms with Crippen LogP contribution in [0.2, 0.25) is 0 Å². The first kappa shape index (κ1) is 14.2. The van der Waals surface area contributed by atoms with E-state index in [1.54, 1.807) is 6.07 Å². The topological polar surface area (TPSA) is 135 Å². The molecule has 1 unspecified atom stereocenters. The Balaban J connectivity index is 2.80. The Morgan fingerprint density at radius 3 is 2.21 bits per heavy atom. The standard InChI is InChI=1S/C10H11NO6S2/c11-10(19(15,16)17)5-7-3-1-2-4-8(7)9(6-10)18(12,13)14/h1-4,6H,5,11H2,(H,12,13,14)(H,15,16,17). The SMILES string of the molecule is NC1(S(=O)(=O)O)C=C(S(=O)(=O)O)c2ccccc2C1. The van der Waals surface area contributed by atoms with Crippen LogP contribution in [0.1, 0.15) is 11.1 Å². The number of hydrogen-bond donors (Lipinski definition) is 3. The van der Waals surface area contributed by atoms with Crippen LogP contribution in [0.25, 0.3) is 4.91 Å². The average Bonchev–Trinajstić information content (AvgIpc) is 2.25. The normalized spacial score (nSPS) is 23.6. The molecule has 1 atom stereocenters. The maximum Gasteiger partial charge on any atom is 0.294 e. The van der Waals surface area contributed by atoms with Crippen molar-refractivity contribution >= 4 is 25.1 Å². The molecule has 1 aromatic carbocycles. The van der Waals surface area contributed by atoms with Gasteiger partial charge in [0.2, 0.25) is 0 Å². The highest BCUT2D eigenvalue weighted by atomic mass is 32.2. The van der Waals surface area contributed by atoms with Gasteiger partial charge in [0, 0.05) is 6.42 Å². The predicted molar refractivity (Wildman–Crippen MR) is 68.1 cm³/mol. The molecule has 0 spiro atoms. The van der Waals surface area contributed by atoms with Gasteiger partial charge in [0.1, 0.15) is 4.91 Å². The Kier molecular flexibility index (Phi) is 3.07. The summed E-state index contributed by atoms with van der Waals surface area (Å²) in [6.45, 7) is 0. The van der Waals surface area contributed by atoms with Gasteiger partial charge < -0.3 is 5.73 Å². The molecule has 1 aromatic rings. The van der Waals surface area contributed by atoms with Gasteiger partial charge >= 0.3 is 0 Å². The van der Waals surface area contributed by atoms with E-state index >= 15 is 0 Å². The molecule has 0 saturated heterocycles. The minimum absolute atomic E-state index is 0.162. The van der Waals surface area contributed by atoms with E-state index in [4.69, 9.17) is 14.8 Å². The molecule has 0 aromatic heterocycles. The van der Waals surface area contributed by atoms with Crippen LogP contribution in [-0.2, 0) is 26.7 Å². The maximum atomic E-state index is 11.3. The lowest BCUT2D eigenvalue weighted by Crippen LogP contribution is -2.49. The van der Waals surface area contributed by atoms with Crippen LogP contribution in [0.15, 0.2) is 30.3 Å². The minimum atomic E-state index is -4.74. The molecule has 19 heavy (non-hydrogen) atoms. The zero-order valence-corrected chi connectivity index (χ0v) is 11.1. The Bertz CT molecular complexity index is 765. The first-order valence-electron chi connectivity index (χ1n) is 5.09. The quantitative estimate of drug-likeness (QED) is 0.655. The third kappa shape index (κ3) is 2.42. The van der Waals surface area contributed by atoms with Crippen LogP contribution in [0, 0.1) is 0 Å². The van der Waals surface area contributed by atoms with E-state index in [-0.39, 0.29) is 12.0 Å². The van der Waals surface area contributed by atoms with Crippen molar-refractivity contribution in [2.24, 2.45) is 5.73 Å². The van der Waals surface area contributed by atoms with E-state index < -0.39 is 30.0 Å². The first-order chi connectivity index (χ1) is 8.55. The second-order valence-electron chi connectivity index (χ2n) is 4.25. The lowest BCUT2D eigenvalue weighted by molar-refractivity contribution is 0.446. The van der Waals surface area contributed by atoms with Gasteiger partial charge in [-0.05, 0) is 17.2 Å². The molecule has 4 N–H and O–H groups in total. The fourth-order valence-corrected chi connectivity index (χ4v) is 3.46. The summed E-state index contributed by atoms with van der Waals surface area (Å²) in [5.74, 6) is 0. The highest BCUT2D eigenvalue weighted by molar-refractivity contribution is 7.95. The minimum Gasteiger partial charge on any atom is -0.307 e. The molecule has 0 radical (unpaired) electrons. The second-order valence-corrected chi connectivity index (χ2v) is 7.35. The summed E-state index contributed by atoms with van der Waals surface area (Å²) in [5.41, 5.74) is 6.01. The summed E-state index contributed by atoms with van der Waals surface area (Å²) in [7, 11) is -9.40. The van der Waals surface area contributed by atoms with E-state index in [9.17, 15) is 16.8 Å². The number of nitrogens with two attached hydrogens (primary N) is 1. The highest BCUT2D eigenvalue weighted by Crippen LogP contribution is 2.35. The van der Waals surface area contributed by atoms with Gasteiger partial charge in [-0.2, -0.15) is 16.8 Å². The van der Waals surface area contributed by atoms with Gasteiger partial charge in [-0.15, -0.1) is 0 Å². The molecule has 0 bridgehead atoms. The van der Waals surface area contributed by atoms with Crippen LogP contribution in [-0.4, -0.2) is 30.8 Å². The Morgan fingerprint density at radius 2 is 1.68 bits per heavy atom. The van der Waals surface area contributed by atoms with Crippen molar-refractivity contribution in [1.82, 2.24) is 0 Å². The summed E-state index contributed by atoms with van der Waals surface area (Å²) in [4.78, 5) is -2.92. The molecule has 104 valence electrons. The molecule has 2 rings (SSSR count). The second kappa shape index (κ2) is 4.12. The van der Waals surface area contributed by atoms with Crippen LogP contribution in [0.5, 0.6) is 0 Å². The van der Waals surface area contributed by atoms with Gasteiger partial charge in [0.15, 0.2) is 4.87 Å². The third-order valence-electron chi connectivity index (χ3n) is 2.88. The predicted octanol–water partition coefficient (Wildman–Crippen LogP) is 0.0142. The van der Waals surface area contributed by atoms with Crippen molar-refractivity contribution in [3.8, 4) is 0 Å². The molecule has 9 heteroatoms. The van der Waals surface area contributed by atoms with Crippen molar-refractivity contribution in [2.45, 2.75) is 11.3 Å². The number of rotatable bonds is 2. The van der Waals surface area contributed by atoms with Crippen LogP contribution in [0.4, 0.5) is 0 Å². The molecule has 0 amide bonds. The van der Waals surface area contributed by atoms with Gasteiger partial charge in [0.25, 0.3) is 20.2 Å². The smallest absolute Gasteiger partial charge is 0.294 e. The van der Waals surface area contributed by atoms with E-state index in [2.05, 4.69) is 0 Å². The van der Waals surface area contributed by atoms with Gasteiger partial charge in [0.05, 0.1) is 0 Å². The summed E-state index contributed by atoms with van der Waals surface area (Å²) in [6, 6.07) is 5.99. The highest BCUT2D eigenvalue weighted by Gasteiger charge is 2.43. The molecule has 7 nitrogen and oxygen atoms in total. The van der Waals surface area contributed by atoms with Crippen LogP contribution < -0.4 is 5.73 Å². The van der Waals surface area contributed by atoms with Gasteiger partial charge in [-0.25, -0.2) is 0 Å². The zero-order valence-electron chi connectivity index (χ0n) is 9.52. The van der Waals surface area contributed by atoms with E-state index in [0.717, 1.165) is 0 Å². The fraction of sp³-hybridized carbons (Fsp3) is 0.200. The van der Waals surface area contributed by atoms with Crippen molar-refractivity contribution in [2.75, 3.05) is 0 Å². The lowest BCUT2D eigenvalue weighted by Gasteiger charge is -2.29. The fourth-order valence-electron chi connectivity index (χ4n) is 1.94. The third-order valence-corrected chi connectivity index (χ3v) is 5.00. The number of fused-ring (bicyclic) bond motifs is 1. The van der Waals surface area contributed by atoms with Crippen LogP contribution in [0.3, 0.4) is 0 Å². The molecule has 1 aliphatic carbocycles. The van der Waals surface area contributed by atoms with Crippen LogP contribution >= 0.6 is 0 Å². The number of hydrogen-bond acceptors (Lipinski definition) is 5. The monoisotopic (exact) mass is 305 g/mol. The molecular formula is C10H11NO6S2. The Morgan fingerprint density at radius 1 is 1.11 bits per heavy atom. The van der Waals surface area contributed by atoms with Crippen molar-refractivity contribution < 1.29 is 25.9 Å². The van der Waals surface area contributed by atoms with Crippen molar-refractivity contribution in [3.63, 3.8) is 0 Å². The summed E-state index contributed by atoms with van der Waals surface area (Å²) in [6.07, 6.45) is 0.362. The molecule has 0 heterocycles. The van der Waals surface area contributed by atoms with E-state index in [1.165, 1.54) is 18.2 Å². The van der Waals surface area contributed by atoms with Gasteiger partial charge in [-0.3, -0.25) is 9.11 Å². The molecular weight excluding hydrogens is 294 g/mol. The summed E-state index contributed by atoms with van der Waals surface area (Å²) < 4.78 is 63.5. The number of benzene rings is 1. The lowest BCUT2D eigenvalue weighted by atomic mass is 9.94. The maximum absolute atomic E-state index is 11.3. The van der Waals surface area contributed by atoms with Crippen molar-refractivity contribution in [3.05, 3.63) is 41.5 Å². The zero-order chi connectivity index (χ0) is 14.5. The van der Waals surface area contributed by atoms with Crippen molar-refractivity contribution in [1.29, 1.82) is 0 Å². The van der Waals surface area contributed by atoms with Gasteiger partial charge in [-0.1, -0.05) is 24.3 Å². The van der Waals surface area contributed by atoms with E-state index in [0.29, 0.717) is 11.6 Å². The largest absolute Gasteiger partial charge is 0.307 e. The summed E-state index contributed by atoms with van der Waals surface area (Å²) >= 11 is 0. The molecule has 0 fully saturated rings. The van der Waals surface area contributed by atoms with E-state index in [1.807, 2.05) is 0 Å². The molecule has 1 aliphatic rings.